The van der Waals surface area contributed by atoms with Crippen LogP contribution in [0.3, 0.4) is 0 Å². The molecule has 2 aromatic rings. The van der Waals surface area contributed by atoms with E-state index in [2.05, 4.69) is 26.0 Å². The monoisotopic (exact) mass is 383 g/mol. The highest BCUT2D eigenvalue weighted by atomic mass is 16.5. The molecule has 1 saturated heterocycles. The topological polar surface area (TPSA) is 59.0 Å². The van der Waals surface area contributed by atoms with Gasteiger partial charge in [-0.2, -0.15) is 0 Å². The number of hydrogen-bond donors (Lipinski definition) is 1. The van der Waals surface area contributed by atoms with Crippen LogP contribution in [0.4, 0.5) is 0 Å². The second kappa shape index (κ2) is 9.11. The summed E-state index contributed by atoms with van der Waals surface area (Å²) in [6.45, 7) is 5.44. The smallest absolute Gasteiger partial charge is 0.223 e. The summed E-state index contributed by atoms with van der Waals surface area (Å²) >= 11 is 0. The number of amides is 1. The predicted octanol–water partition coefficient (Wildman–Crippen LogP) is 3.96. The van der Waals surface area contributed by atoms with Crippen molar-refractivity contribution < 1.29 is 19.4 Å². The van der Waals surface area contributed by atoms with Crippen molar-refractivity contribution in [1.29, 1.82) is 0 Å². The average Bonchev–Trinajstić information content (AvgIpc) is 2.72. The number of methoxy groups -OCH3 is 1. The summed E-state index contributed by atoms with van der Waals surface area (Å²) in [7, 11) is 1.52. The fourth-order valence-electron chi connectivity index (χ4n) is 3.51. The lowest BCUT2D eigenvalue weighted by molar-refractivity contribution is -0.150. The molecule has 2 aromatic carbocycles. The van der Waals surface area contributed by atoms with E-state index in [-0.39, 0.29) is 23.9 Å². The van der Waals surface area contributed by atoms with Gasteiger partial charge in [0.2, 0.25) is 5.91 Å². The normalized spacial score (nSPS) is 19.6. The van der Waals surface area contributed by atoms with Gasteiger partial charge in [-0.05, 0) is 35.6 Å². The second-order valence-corrected chi connectivity index (χ2v) is 7.62. The summed E-state index contributed by atoms with van der Waals surface area (Å²) in [5, 5.41) is 9.92. The highest BCUT2D eigenvalue weighted by molar-refractivity contribution is 5.76. The third kappa shape index (κ3) is 4.84. The first-order valence-corrected chi connectivity index (χ1v) is 9.82. The highest BCUT2D eigenvalue weighted by Gasteiger charge is 2.32. The number of aromatic hydroxyl groups is 1. The zero-order chi connectivity index (χ0) is 20.1. The lowest BCUT2D eigenvalue weighted by Crippen LogP contribution is -2.48. The van der Waals surface area contributed by atoms with Crippen molar-refractivity contribution in [2.75, 3.05) is 20.2 Å². The maximum atomic E-state index is 12.9. The Labute approximate surface area is 166 Å². The summed E-state index contributed by atoms with van der Waals surface area (Å²) in [5.74, 6) is 0.988. The van der Waals surface area contributed by atoms with Crippen molar-refractivity contribution >= 4 is 5.91 Å². The summed E-state index contributed by atoms with van der Waals surface area (Å²) in [4.78, 5) is 14.8. The van der Waals surface area contributed by atoms with E-state index in [4.69, 9.17) is 9.47 Å². The molecule has 5 heteroatoms. The van der Waals surface area contributed by atoms with Crippen molar-refractivity contribution in [1.82, 2.24) is 4.90 Å². The first-order valence-electron chi connectivity index (χ1n) is 9.82. The molecule has 1 aliphatic rings. The Kier molecular flexibility index (Phi) is 6.57. The number of phenolic OH excluding ortho intramolecular Hbond substituents is 1. The number of carbonyl (C=O) groups is 1. The maximum absolute atomic E-state index is 12.9. The van der Waals surface area contributed by atoms with Crippen LogP contribution in [-0.2, 0) is 16.0 Å². The first-order chi connectivity index (χ1) is 13.5. The molecule has 1 heterocycles. The Morgan fingerprint density at radius 2 is 1.96 bits per heavy atom. The van der Waals surface area contributed by atoms with Gasteiger partial charge in [0.05, 0.1) is 19.8 Å². The van der Waals surface area contributed by atoms with Crippen LogP contribution in [0.1, 0.15) is 37.5 Å². The molecule has 0 radical (unpaired) electrons. The van der Waals surface area contributed by atoms with Crippen LogP contribution in [-0.4, -0.2) is 42.2 Å². The van der Waals surface area contributed by atoms with Crippen molar-refractivity contribution in [2.24, 2.45) is 5.92 Å². The van der Waals surface area contributed by atoms with Crippen LogP contribution in [0.25, 0.3) is 0 Å². The molecular weight excluding hydrogens is 354 g/mol. The van der Waals surface area contributed by atoms with Gasteiger partial charge in [-0.3, -0.25) is 4.79 Å². The molecule has 0 unspecified atom stereocenters. The Morgan fingerprint density at radius 1 is 1.21 bits per heavy atom. The van der Waals surface area contributed by atoms with Gasteiger partial charge in [0.25, 0.3) is 0 Å². The van der Waals surface area contributed by atoms with Crippen LogP contribution in [0.15, 0.2) is 48.5 Å². The molecule has 0 aromatic heterocycles. The Morgan fingerprint density at radius 3 is 2.61 bits per heavy atom. The highest BCUT2D eigenvalue weighted by Crippen LogP contribution is 2.29. The molecule has 1 aliphatic heterocycles. The van der Waals surface area contributed by atoms with E-state index in [1.807, 2.05) is 29.2 Å². The quantitative estimate of drug-likeness (QED) is 0.820. The lowest BCUT2D eigenvalue weighted by Gasteiger charge is -2.40. The number of hydrogen-bond acceptors (Lipinski definition) is 4. The fourth-order valence-corrected chi connectivity index (χ4v) is 3.51. The third-order valence-electron chi connectivity index (χ3n) is 5.26. The molecule has 0 aliphatic carbocycles. The van der Waals surface area contributed by atoms with E-state index in [1.165, 1.54) is 7.11 Å². The molecule has 1 amide bonds. The summed E-state index contributed by atoms with van der Waals surface area (Å²) in [6.07, 6.45) is 0.901. The predicted molar refractivity (Wildman–Crippen MR) is 108 cm³/mol. The SMILES string of the molecule is COc1ccc(CCC(=O)N2C[C@@H](c3ccccc3)O[C@@H](C(C)C)C2)cc1O. The van der Waals surface area contributed by atoms with E-state index < -0.39 is 0 Å². The molecule has 1 fully saturated rings. The molecule has 3 rings (SSSR count). The lowest BCUT2D eigenvalue weighted by atomic mass is 10.0. The van der Waals surface area contributed by atoms with Crippen LogP contribution in [0.2, 0.25) is 0 Å². The number of ether oxygens (including phenoxy) is 2. The van der Waals surface area contributed by atoms with Crippen LogP contribution in [0.5, 0.6) is 11.5 Å². The van der Waals surface area contributed by atoms with E-state index in [0.29, 0.717) is 37.6 Å². The zero-order valence-electron chi connectivity index (χ0n) is 16.8. The molecule has 0 spiro atoms. The minimum atomic E-state index is -0.101. The largest absolute Gasteiger partial charge is 0.504 e. The number of rotatable bonds is 6. The van der Waals surface area contributed by atoms with E-state index >= 15 is 0 Å². The number of nitrogens with zero attached hydrogens (tertiary/aromatic N) is 1. The van der Waals surface area contributed by atoms with Gasteiger partial charge in [-0.1, -0.05) is 50.2 Å². The molecular formula is C23H29NO4. The number of morpholine rings is 1. The van der Waals surface area contributed by atoms with E-state index in [1.54, 1.807) is 12.1 Å². The first kappa shape index (κ1) is 20.2. The molecule has 28 heavy (non-hydrogen) atoms. The number of phenols is 1. The van der Waals surface area contributed by atoms with Crippen LogP contribution < -0.4 is 4.74 Å². The van der Waals surface area contributed by atoms with Gasteiger partial charge >= 0.3 is 0 Å². The van der Waals surface area contributed by atoms with Crippen molar-refractivity contribution in [3.63, 3.8) is 0 Å². The Balaban J connectivity index is 1.66. The summed E-state index contributed by atoms with van der Waals surface area (Å²) < 4.78 is 11.3. The van der Waals surface area contributed by atoms with E-state index in [9.17, 15) is 9.90 Å². The average molecular weight is 383 g/mol. The molecule has 0 saturated carbocycles. The third-order valence-corrected chi connectivity index (χ3v) is 5.26. The standard InChI is InChI=1S/C23H29NO4/c1-16(2)21-14-24(15-22(28-21)18-7-5-4-6-8-18)23(26)12-10-17-9-11-20(27-3)19(25)13-17/h4-9,11,13,16,21-22,25H,10,12,14-15H2,1-3H3/t21-,22+/m1/s1. The fraction of sp³-hybridized carbons (Fsp3) is 0.435. The van der Waals surface area contributed by atoms with Gasteiger partial charge in [0.1, 0.15) is 6.10 Å². The van der Waals surface area contributed by atoms with Gasteiger partial charge in [0, 0.05) is 13.0 Å². The summed E-state index contributed by atoms with van der Waals surface area (Å²) in [6, 6.07) is 15.4. The van der Waals surface area contributed by atoms with Gasteiger partial charge < -0.3 is 19.5 Å². The number of benzene rings is 2. The molecule has 0 bridgehead atoms. The minimum absolute atomic E-state index is 0.0212. The minimum Gasteiger partial charge on any atom is -0.504 e. The second-order valence-electron chi connectivity index (χ2n) is 7.62. The van der Waals surface area contributed by atoms with E-state index in [0.717, 1.165) is 11.1 Å². The van der Waals surface area contributed by atoms with Crippen LogP contribution >= 0.6 is 0 Å². The Hall–Kier alpha value is -2.53. The molecule has 2 atom stereocenters. The van der Waals surface area contributed by atoms with Gasteiger partial charge in [-0.25, -0.2) is 0 Å². The molecule has 1 N–H and O–H groups in total. The number of carbonyl (C=O) groups excluding carboxylic acids is 1. The van der Waals surface area contributed by atoms with Gasteiger partial charge in [0.15, 0.2) is 11.5 Å². The zero-order valence-corrected chi connectivity index (χ0v) is 16.8. The Bertz CT molecular complexity index is 790. The van der Waals surface area contributed by atoms with Crippen molar-refractivity contribution in [3.8, 4) is 11.5 Å². The summed E-state index contributed by atoms with van der Waals surface area (Å²) in [5.41, 5.74) is 2.02. The maximum Gasteiger partial charge on any atom is 0.223 e. The number of aryl methyl sites for hydroxylation is 1. The van der Waals surface area contributed by atoms with Crippen LogP contribution in [0, 0.1) is 5.92 Å². The molecule has 5 nitrogen and oxygen atoms in total. The van der Waals surface area contributed by atoms with Crippen molar-refractivity contribution in [2.45, 2.75) is 38.9 Å². The van der Waals surface area contributed by atoms with Gasteiger partial charge in [-0.15, -0.1) is 0 Å². The van der Waals surface area contributed by atoms with Crippen molar-refractivity contribution in [3.05, 3.63) is 59.7 Å². The molecule has 150 valence electrons.